The Morgan fingerprint density at radius 2 is 1.77 bits per heavy atom. The van der Waals surface area contributed by atoms with E-state index in [9.17, 15) is 0 Å². The van der Waals surface area contributed by atoms with Crippen LogP contribution in [-0.4, -0.2) is 11.6 Å². The standard InChI is InChI=1S/C10H16INO/c1-4-7-8(5-2)10(13-6-3)12-9(7)11/h12H,4-6H2,1-3H3. The highest BCUT2D eigenvalue weighted by molar-refractivity contribution is 14.1. The quantitative estimate of drug-likeness (QED) is 0.848. The van der Waals surface area contributed by atoms with E-state index in [1.54, 1.807) is 0 Å². The number of nitrogens with one attached hydrogen (secondary N) is 1. The SMILES string of the molecule is CCOc1[nH]c(I)c(CC)c1CC. The molecule has 1 aromatic rings. The number of hydrogen-bond donors (Lipinski definition) is 1. The van der Waals surface area contributed by atoms with Crippen LogP contribution in [0.15, 0.2) is 0 Å². The van der Waals surface area contributed by atoms with Crippen molar-refractivity contribution in [1.82, 2.24) is 4.98 Å². The molecule has 0 aliphatic rings. The Morgan fingerprint density at radius 3 is 2.23 bits per heavy atom. The third-order valence-electron chi connectivity index (χ3n) is 2.12. The minimum Gasteiger partial charge on any atom is -0.479 e. The Morgan fingerprint density at radius 1 is 1.15 bits per heavy atom. The molecule has 1 aromatic heterocycles. The summed E-state index contributed by atoms with van der Waals surface area (Å²) in [6.45, 7) is 7.09. The fourth-order valence-corrected chi connectivity index (χ4v) is 2.48. The van der Waals surface area contributed by atoms with Crippen LogP contribution in [0, 0.1) is 3.70 Å². The van der Waals surface area contributed by atoms with Crippen molar-refractivity contribution >= 4 is 22.6 Å². The highest BCUT2D eigenvalue weighted by Crippen LogP contribution is 2.27. The molecular weight excluding hydrogens is 277 g/mol. The first kappa shape index (κ1) is 10.9. The highest BCUT2D eigenvalue weighted by Gasteiger charge is 2.13. The summed E-state index contributed by atoms with van der Waals surface area (Å²) in [6.07, 6.45) is 2.11. The number of aromatic amines is 1. The monoisotopic (exact) mass is 293 g/mol. The lowest BCUT2D eigenvalue weighted by Crippen LogP contribution is -1.95. The number of ether oxygens (including phenoxy) is 1. The zero-order valence-electron chi connectivity index (χ0n) is 8.41. The molecule has 0 aromatic carbocycles. The van der Waals surface area contributed by atoms with E-state index in [2.05, 4.69) is 41.4 Å². The molecule has 1 rings (SSSR count). The van der Waals surface area contributed by atoms with Crippen molar-refractivity contribution in [3.8, 4) is 5.88 Å². The van der Waals surface area contributed by atoms with Crippen LogP contribution < -0.4 is 4.74 Å². The number of hydrogen-bond acceptors (Lipinski definition) is 1. The van der Waals surface area contributed by atoms with Gasteiger partial charge in [0.05, 0.1) is 10.3 Å². The average molecular weight is 293 g/mol. The van der Waals surface area contributed by atoms with Gasteiger partial charge in [-0.25, -0.2) is 0 Å². The second-order valence-electron chi connectivity index (χ2n) is 2.87. The van der Waals surface area contributed by atoms with Crippen molar-refractivity contribution in [2.75, 3.05) is 6.61 Å². The molecule has 3 heteroatoms. The van der Waals surface area contributed by atoms with Crippen LogP contribution >= 0.6 is 22.6 Å². The van der Waals surface area contributed by atoms with Crippen LogP contribution in [0.25, 0.3) is 0 Å². The van der Waals surface area contributed by atoms with E-state index in [4.69, 9.17) is 4.74 Å². The zero-order chi connectivity index (χ0) is 9.84. The molecule has 0 saturated carbocycles. The molecule has 0 fully saturated rings. The van der Waals surface area contributed by atoms with Crippen LogP contribution in [0.4, 0.5) is 0 Å². The molecular formula is C10H16INO. The Balaban J connectivity index is 3.06. The first-order valence-corrected chi connectivity index (χ1v) is 5.84. The van der Waals surface area contributed by atoms with E-state index in [0.717, 1.165) is 25.3 Å². The van der Waals surface area contributed by atoms with E-state index in [1.165, 1.54) is 14.8 Å². The smallest absolute Gasteiger partial charge is 0.195 e. The average Bonchev–Trinajstić information content (AvgIpc) is 2.41. The van der Waals surface area contributed by atoms with Crippen LogP contribution in [0.5, 0.6) is 5.88 Å². The van der Waals surface area contributed by atoms with Crippen LogP contribution in [-0.2, 0) is 12.8 Å². The van der Waals surface area contributed by atoms with Crippen LogP contribution in [0.1, 0.15) is 31.9 Å². The largest absolute Gasteiger partial charge is 0.479 e. The van der Waals surface area contributed by atoms with Gasteiger partial charge in [0.15, 0.2) is 5.88 Å². The predicted octanol–water partition coefficient (Wildman–Crippen LogP) is 3.14. The highest BCUT2D eigenvalue weighted by atomic mass is 127. The molecule has 1 heterocycles. The molecule has 0 radical (unpaired) electrons. The van der Waals surface area contributed by atoms with Gasteiger partial charge in [0.2, 0.25) is 0 Å². The summed E-state index contributed by atoms with van der Waals surface area (Å²) in [5.74, 6) is 0.964. The first-order valence-electron chi connectivity index (χ1n) is 4.76. The molecule has 0 bridgehead atoms. The topological polar surface area (TPSA) is 25.0 Å². The normalized spacial score (nSPS) is 10.5. The Bertz CT molecular complexity index is 281. The lowest BCUT2D eigenvalue weighted by molar-refractivity contribution is 0.325. The summed E-state index contributed by atoms with van der Waals surface area (Å²) in [4.78, 5) is 3.28. The van der Waals surface area contributed by atoms with Crippen molar-refractivity contribution in [2.24, 2.45) is 0 Å². The second kappa shape index (κ2) is 4.88. The minimum atomic E-state index is 0.729. The molecule has 0 aliphatic carbocycles. The van der Waals surface area contributed by atoms with E-state index < -0.39 is 0 Å². The van der Waals surface area contributed by atoms with E-state index in [1.807, 2.05) is 6.92 Å². The third-order valence-corrected chi connectivity index (χ3v) is 3.04. The van der Waals surface area contributed by atoms with Crippen molar-refractivity contribution < 1.29 is 4.74 Å². The number of aromatic nitrogens is 1. The van der Waals surface area contributed by atoms with Crippen molar-refractivity contribution in [1.29, 1.82) is 0 Å². The van der Waals surface area contributed by atoms with Gasteiger partial charge in [0.25, 0.3) is 0 Å². The van der Waals surface area contributed by atoms with Gasteiger partial charge in [-0.05, 0) is 47.9 Å². The summed E-state index contributed by atoms with van der Waals surface area (Å²) >= 11 is 2.33. The Labute approximate surface area is 93.2 Å². The molecule has 1 N–H and O–H groups in total. The molecule has 2 nitrogen and oxygen atoms in total. The summed E-state index contributed by atoms with van der Waals surface area (Å²) < 4.78 is 6.75. The first-order chi connectivity index (χ1) is 6.24. The third kappa shape index (κ3) is 2.18. The fraction of sp³-hybridized carbons (Fsp3) is 0.600. The van der Waals surface area contributed by atoms with Gasteiger partial charge in [-0.1, -0.05) is 13.8 Å². The van der Waals surface area contributed by atoms with Gasteiger partial charge >= 0.3 is 0 Å². The maximum absolute atomic E-state index is 5.53. The Hall–Kier alpha value is -0.190. The number of rotatable bonds is 4. The summed E-state index contributed by atoms with van der Waals surface area (Å²) in [6, 6.07) is 0. The predicted molar refractivity (Wildman–Crippen MR) is 63.4 cm³/mol. The fourth-order valence-electron chi connectivity index (χ4n) is 1.53. The molecule has 0 aliphatic heterocycles. The zero-order valence-corrected chi connectivity index (χ0v) is 10.6. The van der Waals surface area contributed by atoms with Crippen molar-refractivity contribution in [3.05, 3.63) is 14.8 Å². The minimum absolute atomic E-state index is 0.729. The van der Waals surface area contributed by atoms with Crippen molar-refractivity contribution in [2.45, 2.75) is 33.6 Å². The van der Waals surface area contributed by atoms with E-state index >= 15 is 0 Å². The van der Waals surface area contributed by atoms with Gasteiger partial charge in [0.1, 0.15) is 0 Å². The van der Waals surface area contributed by atoms with Crippen LogP contribution in [0.3, 0.4) is 0 Å². The van der Waals surface area contributed by atoms with Gasteiger partial charge in [-0.15, -0.1) is 0 Å². The number of H-pyrrole nitrogens is 1. The maximum Gasteiger partial charge on any atom is 0.195 e. The lowest BCUT2D eigenvalue weighted by atomic mass is 10.1. The second-order valence-corrected chi connectivity index (χ2v) is 3.94. The van der Waals surface area contributed by atoms with Gasteiger partial charge in [0, 0.05) is 5.56 Å². The molecule has 74 valence electrons. The van der Waals surface area contributed by atoms with E-state index in [-0.39, 0.29) is 0 Å². The van der Waals surface area contributed by atoms with Gasteiger partial charge < -0.3 is 9.72 Å². The van der Waals surface area contributed by atoms with Crippen LogP contribution in [0.2, 0.25) is 0 Å². The number of halogens is 1. The lowest BCUT2D eigenvalue weighted by Gasteiger charge is -2.03. The maximum atomic E-state index is 5.53. The van der Waals surface area contributed by atoms with Crippen molar-refractivity contribution in [3.63, 3.8) is 0 Å². The van der Waals surface area contributed by atoms with E-state index in [0.29, 0.717) is 0 Å². The summed E-state index contributed by atoms with van der Waals surface area (Å²) in [5, 5.41) is 0. The summed E-state index contributed by atoms with van der Waals surface area (Å²) in [5.41, 5.74) is 2.75. The molecule has 0 amide bonds. The van der Waals surface area contributed by atoms with Gasteiger partial charge in [-0.2, -0.15) is 0 Å². The van der Waals surface area contributed by atoms with Gasteiger partial charge in [-0.3, -0.25) is 0 Å². The summed E-state index contributed by atoms with van der Waals surface area (Å²) in [7, 11) is 0. The molecule has 0 saturated heterocycles. The molecule has 0 unspecified atom stereocenters. The molecule has 0 spiro atoms. The Kier molecular flexibility index (Phi) is 4.09. The molecule has 13 heavy (non-hydrogen) atoms. The molecule has 0 atom stereocenters.